The third kappa shape index (κ3) is 6.92. The molecule has 1 aromatic rings. The summed E-state index contributed by atoms with van der Waals surface area (Å²) in [6, 6.07) is 0. The molecule has 0 amide bonds. The maximum atomic E-state index is 5.10. The van der Waals surface area contributed by atoms with E-state index in [2.05, 4.69) is 44.3 Å². The number of aliphatic imine (C=N–C) groups is 1. The molecule has 0 aliphatic carbocycles. The topological polar surface area (TPSA) is 79.6 Å². The second-order valence-corrected chi connectivity index (χ2v) is 6.77. The molecular weight excluding hydrogens is 330 g/mol. The third-order valence-corrected chi connectivity index (χ3v) is 4.58. The molecule has 148 valence electrons. The van der Waals surface area contributed by atoms with Crippen LogP contribution < -0.4 is 10.6 Å². The number of nitrogens with zero attached hydrogens (tertiary/aromatic N) is 5. The monoisotopic (exact) mass is 365 g/mol. The van der Waals surface area contributed by atoms with E-state index in [9.17, 15) is 0 Å². The number of nitrogens with one attached hydrogen (secondary N) is 2. The van der Waals surface area contributed by atoms with E-state index < -0.39 is 0 Å². The molecule has 8 nitrogen and oxygen atoms in total. The Morgan fingerprint density at radius 2 is 2.12 bits per heavy atom. The standard InChI is InChI=1S/C18H35N7O/c1-4-19-18(20-10-13-24(2)11-8-14-26-3)21-15-17-23-22-16-9-6-5-7-12-25(16)17/h4-15H2,1-3H3,(H2,19,20,21). The van der Waals surface area contributed by atoms with E-state index in [0.29, 0.717) is 6.54 Å². The lowest BCUT2D eigenvalue weighted by atomic mass is 10.2. The SMILES string of the molecule is CCNC(=NCc1nnc2n1CCCCC2)NCCN(C)CCCOC. The number of aromatic nitrogens is 3. The Hall–Kier alpha value is -1.67. The van der Waals surface area contributed by atoms with E-state index in [-0.39, 0.29) is 0 Å². The first-order valence-electron chi connectivity index (χ1n) is 9.85. The van der Waals surface area contributed by atoms with E-state index in [0.717, 1.165) is 69.8 Å². The molecule has 0 atom stereocenters. The lowest BCUT2D eigenvalue weighted by molar-refractivity contribution is 0.180. The van der Waals surface area contributed by atoms with Gasteiger partial charge in [-0.2, -0.15) is 0 Å². The Morgan fingerprint density at radius 1 is 1.23 bits per heavy atom. The molecule has 2 heterocycles. The Bertz CT molecular complexity index is 544. The summed E-state index contributed by atoms with van der Waals surface area (Å²) >= 11 is 0. The van der Waals surface area contributed by atoms with Crippen LogP contribution in [0, 0.1) is 0 Å². The van der Waals surface area contributed by atoms with Gasteiger partial charge in [-0.25, -0.2) is 4.99 Å². The number of fused-ring (bicyclic) bond motifs is 1. The zero-order valence-corrected chi connectivity index (χ0v) is 16.6. The quantitative estimate of drug-likeness (QED) is 0.366. The average Bonchev–Trinajstić information content (AvgIpc) is 2.86. The predicted octanol–water partition coefficient (Wildman–Crippen LogP) is 1.03. The lowest BCUT2D eigenvalue weighted by Crippen LogP contribution is -2.41. The number of rotatable bonds is 10. The van der Waals surface area contributed by atoms with Crippen LogP contribution in [0.1, 0.15) is 44.3 Å². The van der Waals surface area contributed by atoms with Crippen molar-refractivity contribution in [2.24, 2.45) is 4.99 Å². The molecular formula is C18H35N7O. The van der Waals surface area contributed by atoms with Crippen molar-refractivity contribution in [3.05, 3.63) is 11.6 Å². The van der Waals surface area contributed by atoms with E-state index in [1.165, 1.54) is 19.3 Å². The van der Waals surface area contributed by atoms with Crippen molar-refractivity contribution in [2.45, 2.75) is 52.1 Å². The van der Waals surface area contributed by atoms with Gasteiger partial charge >= 0.3 is 0 Å². The summed E-state index contributed by atoms with van der Waals surface area (Å²) in [5, 5.41) is 15.4. The second-order valence-electron chi connectivity index (χ2n) is 6.77. The fourth-order valence-electron chi connectivity index (χ4n) is 3.11. The second kappa shape index (κ2) is 11.9. The van der Waals surface area contributed by atoms with E-state index in [1.54, 1.807) is 7.11 Å². The number of likely N-dealkylation sites (N-methyl/N-ethyl adjacent to an activating group) is 1. The molecule has 0 saturated carbocycles. The van der Waals surface area contributed by atoms with Gasteiger partial charge in [-0.15, -0.1) is 10.2 Å². The minimum absolute atomic E-state index is 0.562. The summed E-state index contributed by atoms with van der Waals surface area (Å²) in [5.74, 6) is 2.92. The Balaban J connectivity index is 1.82. The number of ether oxygens (including phenoxy) is 1. The number of methoxy groups -OCH3 is 1. The van der Waals surface area contributed by atoms with Crippen LogP contribution in [0.2, 0.25) is 0 Å². The minimum atomic E-state index is 0.562. The van der Waals surface area contributed by atoms with E-state index in [1.807, 2.05) is 0 Å². The molecule has 1 aliphatic heterocycles. The van der Waals surface area contributed by atoms with Crippen molar-refractivity contribution in [1.29, 1.82) is 0 Å². The Labute approximate surface area is 157 Å². The van der Waals surface area contributed by atoms with Gasteiger partial charge in [0.25, 0.3) is 0 Å². The average molecular weight is 366 g/mol. The smallest absolute Gasteiger partial charge is 0.191 e. The molecule has 0 aromatic carbocycles. The van der Waals surface area contributed by atoms with Crippen LogP contribution in [0.25, 0.3) is 0 Å². The maximum Gasteiger partial charge on any atom is 0.191 e. The Morgan fingerprint density at radius 3 is 2.92 bits per heavy atom. The van der Waals surface area contributed by atoms with Gasteiger partial charge in [-0.05, 0) is 33.2 Å². The van der Waals surface area contributed by atoms with Crippen molar-refractivity contribution < 1.29 is 4.74 Å². The van der Waals surface area contributed by atoms with Crippen molar-refractivity contribution in [3.8, 4) is 0 Å². The highest BCUT2D eigenvalue weighted by Gasteiger charge is 2.14. The van der Waals surface area contributed by atoms with Gasteiger partial charge in [0.05, 0.1) is 0 Å². The van der Waals surface area contributed by atoms with Crippen molar-refractivity contribution in [3.63, 3.8) is 0 Å². The fraction of sp³-hybridized carbons (Fsp3) is 0.833. The molecule has 1 aromatic heterocycles. The predicted molar refractivity (Wildman–Crippen MR) is 104 cm³/mol. The molecule has 0 bridgehead atoms. The normalized spacial score (nSPS) is 15.0. The number of guanidine groups is 1. The Kier molecular flexibility index (Phi) is 9.41. The van der Waals surface area contributed by atoms with Gasteiger partial charge in [0, 0.05) is 52.9 Å². The summed E-state index contributed by atoms with van der Waals surface area (Å²) in [6.07, 6.45) is 5.77. The van der Waals surface area contributed by atoms with Crippen molar-refractivity contribution in [2.75, 3.05) is 46.9 Å². The van der Waals surface area contributed by atoms with Crippen LogP contribution in [-0.4, -0.2) is 72.6 Å². The van der Waals surface area contributed by atoms with Crippen LogP contribution in [0.3, 0.4) is 0 Å². The molecule has 0 spiro atoms. The van der Waals surface area contributed by atoms with Gasteiger partial charge in [0.15, 0.2) is 11.8 Å². The molecule has 8 heteroatoms. The molecule has 2 N–H and O–H groups in total. The summed E-state index contributed by atoms with van der Waals surface area (Å²) in [5.41, 5.74) is 0. The molecule has 26 heavy (non-hydrogen) atoms. The van der Waals surface area contributed by atoms with Gasteiger partial charge in [0.1, 0.15) is 12.4 Å². The minimum Gasteiger partial charge on any atom is -0.385 e. The zero-order chi connectivity index (χ0) is 18.6. The molecule has 0 fully saturated rings. The van der Waals surface area contributed by atoms with Crippen LogP contribution in [0.15, 0.2) is 4.99 Å². The summed E-state index contributed by atoms with van der Waals surface area (Å²) in [4.78, 5) is 7.00. The fourth-order valence-corrected chi connectivity index (χ4v) is 3.11. The van der Waals surface area contributed by atoms with Gasteiger partial charge in [-0.1, -0.05) is 6.42 Å². The first-order valence-corrected chi connectivity index (χ1v) is 9.85. The number of hydrogen-bond donors (Lipinski definition) is 2. The maximum absolute atomic E-state index is 5.10. The van der Waals surface area contributed by atoms with Crippen LogP contribution in [0.5, 0.6) is 0 Å². The molecule has 1 aliphatic rings. The third-order valence-electron chi connectivity index (χ3n) is 4.58. The van der Waals surface area contributed by atoms with Crippen LogP contribution in [-0.2, 0) is 24.2 Å². The van der Waals surface area contributed by atoms with Crippen molar-refractivity contribution in [1.82, 2.24) is 30.3 Å². The number of hydrogen-bond acceptors (Lipinski definition) is 5. The van der Waals surface area contributed by atoms with Crippen LogP contribution in [0.4, 0.5) is 0 Å². The first-order chi connectivity index (χ1) is 12.7. The molecule has 2 rings (SSSR count). The largest absolute Gasteiger partial charge is 0.385 e. The van der Waals surface area contributed by atoms with Gasteiger partial charge in [0.2, 0.25) is 0 Å². The van der Waals surface area contributed by atoms with E-state index >= 15 is 0 Å². The molecule has 0 saturated heterocycles. The molecule has 0 unspecified atom stereocenters. The van der Waals surface area contributed by atoms with E-state index in [4.69, 9.17) is 9.73 Å². The number of aryl methyl sites for hydroxylation is 1. The van der Waals surface area contributed by atoms with Crippen LogP contribution >= 0.6 is 0 Å². The van der Waals surface area contributed by atoms with Gasteiger partial charge < -0.3 is 24.8 Å². The van der Waals surface area contributed by atoms with Crippen molar-refractivity contribution >= 4 is 5.96 Å². The zero-order valence-electron chi connectivity index (χ0n) is 16.6. The summed E-state index contributed by atoms with van der Waals surface area (Å²) in [6.45, 7) is 8.17. The van der Waals surface area contributed by atoms with Gasteiger partial charge in [-0.3, -0.25) is 0 Å². The lowest BCUT2D eigenvalue weighted by Gasteiger charge is -2.18. The molecule has 0 radical (unpaired) electrons. The summed E-state index contributed by atoms with van der Waals surface area (Å²) in [7, 11) is 3.88. The highest BCUT2D eigenvalue weighted by atomic mass is 16.5. The first kappa shape index (κ1) is 20.6. The highest BCUT2D eigenvalue weighted by molar-refractivity contribution is 5.79. The highest BCUT2D eigenvalue weighted by Crippen LogP contribution is 2.14. The summed E-state index contributed by atoms with van der Waals surface area (Å²) < 4.78 is 7.35.